The van der Waals surface area contributed by atoms with Crippen molar-refractivity contribution in [2.24, 2.45) is 0 Å². The Morgan fingerprint density at radius 1 is 1.03 bits per heavy atom. The van der Waals surface area contributed by atoms with Gasteiger partial charge in [0.05, 0.1) is 10.6 Å². The number of carbonyl (C=O) groups excluding carboxylic acids is 2. The van der Waals surface area contributed by atoms with Gasteiger partial charge < -0.3 is 4.74 Å². The van der Waals surface area contributed by atoms with E-state index in [4.69, 9.17) is 27.9 Å². The Kier molecular flexibility index (Phi) is 7.13. The highest BCUT2D eigenvalue weighted by atomic mass is 35.5. The van der Waals surface area contributed by atoms with Crippen molar-refractivity contribution in [2.75, 3.05) is 19.7 Å². The van der Waals surface area contributed by atoms with Crippen molar-refractivity contribution >= 4 is 45.0 Å². The molecule has 1 aliphatic rings. The maximum atomic E-state index is 14.3. The highest BCUT2D eigenvalue weighted by molar-refractivity contribution is 7.89. The van der Waals surface area contributed by atoms with E-state index in [0.29, 0.717) is 31.0 Å². The number of piperidine rings is 1. The summed E-state index contributed by atoms with van der Waals surface area (Å²) in [4.78, 5) is 24.0. The van der Waals surface area contributed by atoms with Crippen molar-refractivity contribution < 1.29 is 27.1 Å². The van der Waals surface area contributed by atoms with Gasteiger partial charge in [0.15, 0.2) is 6.61 Å². The highest BCUT2D eigenvalue weighted by Crippen LogP contribution is 2.25. The van der Waals surface area contributed by atoms with Crippen LogP contribution in [0.15, 0.2) is 41.3 Å². The van der Waals surface area contributed by atoms with E-state index in [0.717, 1.165) is 24.6 Å². The molecule has 0 radical (unpaired) electrons. The Bertz CT molecular complexity index is 1080. The standard InChI is InChI=1S/C20H18Cl2FNO5S/c21-14-5-6-15(16(22)11-14)18(25)12-29-20(26)13-4-7-17(23)19(10-13)30(27,28)24-8-2-1-3-9-24/h4-7,10-11H,1-3,8-9,12H2. The lowest BCUT2D eigenvalue weighted by Crippen LogP contribution is -2.36. The van der Waals surface area contributed by atoms with Crippen LogP contribution in [-0.2, 0) is 14.8 Å². The molecule has 1 fully saturated rings. The molecule has 0 aliphatic carbocycles. The number of Topliss-reactive ketones (excluding diaryl/α,β-unsaturated/α-hetero) is 1. The second-order valence-corrected chi connectivity index (χ2v) is 9.48. The zero-order chi connectivity index (χ0) is 21.9. The molecular weight excluding hydrogens is 456 g/mol. The molecule has 160 valence electrons. The lowest BCUT2D eigenvalue weighted by Gasteiger charge is -2.26. The number of carbonyl (C=O) groups is 2. The SMILES string of the molecule is O=C(OCC(=O)c1ccc(Cl)cc1Cl)c1ccc(F)c(S(=O)(=O)N2CCCCC2)c1. The van der Waals surface area contributed by atoms with Crippen LogP contribution in [0.2, 0.25) is 10.0 Å². The molecule has 0 N–H and O–H groups in total. The second kappa shape index (κ2) is 9.43. The van der Waals surface area contributed by atoms with Crippen LogP contribution in [0.25, 0.3) is 0 Å². The predicted octanol–water partition coefficient (Wildman–Crippen LogP) is 4.35. The van der Waals surface area contributed by atoms with Gasteiger partial charge in [-0.3, -0.25) is 4.79 Å². The fourth-order valence-corrected chi connectivity index (χ4v) is 5.20. The van der Waals surface area contributed by atoms with Crippen LogP contribution in [0.1, 0.15) is 40.0 Å². The lowest BCUT2D eigenvalue weighted by atomic mass is 10.1. The Morgan fingerprint density at radius 2 is 1.73 bits per heavy atom. The van der Waals surface area contributed by atoms with E-state index in [1.807, 2.05) is 0 Å². The Hall–Kier alpha value is -2.00. The summed E-state index contributed by atoms with van der Waals surface area (Å²) < 4.78 is 45.9. The first kappa shape index (κ1) is 22.7. The number of rotatable bonds is 6. The molecular formula is C20H18Cl2FNO5S. The van der Waals surface area contributed by atoms with Gasteiger partial charge in [0, 0.05) is 23.7 Å². The Morgan fingerprint density at radius 3 is 2.40 bits per heavy atom. The first-order valence-electron chi connectivity index (χ1n) is 9.15. The number of ether oxygens (including phenoxy) is 1. The molecule has 0 spiro atoms. The summed E-state index contributed by atoms with van der Waals surface area (Å²) in [5.41, 5.74) is -0.0525. The maximum Gasteiger partial charge on any atom is 0.338 e. The number of benzene rings is 2. The van der Waals surface area contributed by atoms with Gasteiger partial charge in [-0.05, 0) is 49.2 Å². The van der Waals surface area contributed by atoms with E-state index >= 15 is 0 Å². The summed E-state index contributed by atoms with van der Waals surface area (Å²) in [6, 6.07) is 7.19. The van der Waals surface area contributed by atoms with E-state index in [1.54, 1.807) is 0 Å². The van der Waals surface area contributed by atoms with Gasteiger partial charge in [-0.15, -0.1) is 0 Å². The maximum absolute atomic E-state index is 14.3. The van der Waals surface area contributed by atoms with Crippen molar-refractivity contribution in [2.45, 2.75) is 24.2 Å². The number of hydrogen-bond donors (Lipinski definition) is 0. The van der Waals surface area contributed by atoms with Gasteiger partial charge in [0.25, 0.3) is 0 Å². The summed E-state index contributed by atoms with van der Waals surface area (Å²) in [6.07, 6.45) is 2.29. The third-order valence-corrected chi connectivity index (χ3v) is 7.13. The van der Waals surface area contributed by atoms with Gasteiger partial charge >= 0.3 is 5.97 Å². The fraction of sp³-hybridized carbons (Fsp3) is 0.300. The van der Waals surface area contributed by atoms with Gasteiger partial charge in [0.2, 0.25) is 15.8 Å². The zero-order valence-electron chi connectivity index (χ0n) is 15.7. The van der Waals surface area contributed by atoms with Crippen molar-refractivity contribution in [3.8, 4) is 0 Å². The van der Waals surface area contributed by atoms with Crippen molar-refractivity contribution in [3.63, 3.8) is 0 Å². The molecule has 30 heavy (non-hydrogen) atoms. The average Bonchev–Trinajstić information content (AvgIpc) is 2.72. The molecule has 0 amide bonds. The molecule has 0 bridgehead atoms. The molecule has 1 saturated heterocycles. The van der Waals surface area contributed by atoms with Crippen LogP contribution >= 0.6 is 23.2 Å². The van der Waals surface area contributed by atoms with E-state index in [2.05, 4.69) is 0 Å². The van der Waals surface area contributed by atoms with Crippen molar-refractivity contribution in [1.82, 2.24) is 4.31 Å². The predicted molar refractivity (Wildman–Crippen MR) is 110 cm³/mol. The number of sulfonamides is 1. The van der Waals surface area contributed by atoms with Gasteiger partial charge in [-0.2, -0.15) is 4.31 Å². The Labute approximate surface area is 183 Å². The minimum atomic E-state index is -4.08. The minimum Gasteiger partial charge on any atom is -0.454 e. The number of esters is 1. The normalized spacial score (nSPS) is 15.0. The molecule has 2 aromatic carbocycles. The summed E-state index contributed by atoms with van der Waals surface area (Å²) in [5.74, 6) is -2.47. The number of halogens is 3. The lowest BCUT2D eigenvalue weighted by molar-refractivity contribution is 0.0474. The zero-order valence-corrected chi connectivity index (χ0v) is 18.1. The summed E-state index contributed by atoms with van der Waals surface area (Å²) >= 11 is 11.7. The topological polar surface area (TPSA) is 80.8 Å². The highest BCUT2D eigenvalue weighted by Gasteiger charge is 2.29. The molecule has 1 heterocycles. The van der Waals surface area contributed by atoms with Crippen LogP contribution in [0.3, 0.4) is 0 Å². The summed E-state index contributed by atoms with van der Waals surface area (Å²) in [7, 11) is -4.08. The third kappa shape index (κ3) is 5.00. The van der Waals surface area contributed by atoms with Crippen LogP contribution in [-0.4, -0.2) is 44.2 Å². The largest absolute Gasteiger partial charge is 0.454 e. The molecule has 10 heteroatoms. The molecule has 0 saturated carbocycles. The molecule has 6 nitrogen and oxygen atoms in total. The molecule has 2 aromatic rings. The van der Waals surface area contributed by atoms with Crippen LogP contribution in [0.4, 0.5) is 4.39 Å². The molecule has 1 aliphatic heterocycles. The molecule has 0 atom stereocenters. The molecule has 0 unspecified atom stereocenters. The van der Waals surface area contributed by atoms with Crippen LogP contribution in [0, 0.1) is 5.82 Å². The first-order chi connectivity index (χ1) is 14.2. The van der Waals surface area contributed by atoms with Crippen LogP contribution < -0.4 is 0 Å². The first-order valence-corrected chi connectivity index (χ1v) is 11.3. The summed E-state index contributed by atoms with van der Waals surface area (Å²) in [5, 5.41) is 0.461. The van der Waals surface area contributed by atoms with E-state index < -0.39 is 39.1 Å². The summed E-state index contributed by atoms with van der Waals surface area (Å²) in [6.45, 7) is -0.0224. The number of ketones is 1. The molecule has 3 rings (SSSR count). The fourth-order valence-electron chi connectivity index (χ4n) is 3.08. The number of hydrogen-bond acceptors (Lipinski definition) is 5. The van der Waals surface area contributed by atoms with E-state index in [9.17, 15) is 22.4 Å². The average molecular weight is 474 g/mol. The number of nitrogens with zero attached hydrogens (tertiary/aromatic N) is 1. The minimum absolute atomic E-state index is 0.111. The Balaban J connectivity index is 1.75. The van der Waals surface area contributed by atoms with Crippen LogP contribution in [0.5, 0.6) is 0 Å². The monoisotopic (exact) mass is 473 g/mol. The van der Waals surface area contributed by atoms with E-state index in [-0.39, 0.29) is 16.1 Å². The van der Waals surface area contributed by atoms with Gasteiger partial charge in [-0.1, -0.05) is 29.6 Å². The van der Waals surface area contributed by atoms with E-state index in [1.165, 1.54) is 22.5 Å². The van der Waals surface area contributed by atoms with Crippen molar-refractivity contribution in [3.05, 3.63) is 63.4 Å². The third-order valence-electron chi connectivity index (χ3n) is 4.67. The van der Waals surface area contributed by atoms with Gasteiger partial charge in [0.1, 0.15) is 10.7 Å². The smallest absolute Gasteiger partial charge is 0.338 e. The van der Waals surface area contributed by atoms with Gasteiger partial charge in [-0.25, -0.2) is 17.6 Å². The quantitative estimate of drug-likeness (QED) is 0.460. The second-order valence-electron chi connectivity index (χ2n) is 6.73. The molecule has 0 aromatic heterocycles. The van der Waals surface area contributed by atoms with Crippen molar-refractivity contribution in [1.29, 1.82) is 0 Å².